The quantitative estimate of drug-likeness (QED) is 0.0625. The second-order valence-electron chi connectivity index (χ2n) is 12.7. The number of aromatic nitrogens is 2. The molecule has 6 aromatic carbocycles. The molecule has 2 heterocycles. The van der Waals surface area contributed by atoms with Gasteiger partial charge in [-0.3, -0.25) is 9.97 Å². The van der Waals surface area contributed by atoms with Crippen molar-refractivity contribution in [3.05, 3.63) is 219 Å². The zero-order chi connectivity index (χ0) is 46.2. The number of hydrogen-bond donors (Lipinski definition) is 0. The average molecular weight is 1130 g/mol. The van der Waals surface area contributed by atoms with Gasteiger partial charge in [0.25, 0.3) is 0 Å². The summed E-state index contributed by atoms with van der Waals surface area (Å²) in [6.45, 7) is 0. The van der Waals surface area contributed by atoms with Gasteiger partial charge in [-0.05, 0) is 97.1 Å². The molecular formula is C48H40AgBCl6F4N2OP2+2. The Labute approximate surface area is 425 Å². The number of ether oxygens (including phenoxy) is 1. The fourth-order valence-corrected chi connectivity index (χ4v) is 11.3. The van der Waals surface area contributed by atoms with Gasteiger partial charge in [0, 0.05) is 12.4 Å². The molecule has 0 amide bonds. The van der Waals surface area contributed by atoms with Gasteiger partial charge in [0.05, 0.1) is 11.4 Å². The van der Waals surface area contributed by atoms with Crippen molar-refractivity contribution in [3.8, 4) is 22.9 Å². The van der Waals surface area contributed by atoms with Gasteiger partial charge in [-0.2, -0.15) is 0 Å². The number of nitrogens with zero attached hydrogens (tertiary/aromatic N) is 2. The first kappa shape index (κ1) is 55.9. The summed E-state index contributed by atoms with van der Waals surface area (Å²) in [6.07, 6.45) is 3.54. The first-order chi connectivity index (χ1) is 30.8. The van der Waals surface area contributed by atoms with E-state index in [0.717, 1.165) is 22.9 Å². The molecule has 0 saturated carbocycles. The molecule has 8 rings (SSSR count). The first-order valence-electron chi connectivity index (χ1n) is 19.2. The summed E-state index contributed by atoms with van der Waals surface area (Å²) in [5.41, 5.74) is 1.83. The predicted molar refractivity (Wildman–Crippen MR) is 274 cm³/mol. The summed E-state index contributed by atoms with van der Waals surface area (Å²) in [6, 6.07) is 72.2. The van der Waals surface area contributed by atoms with Gasteiger partial charge in [0.1, 0.15) is 47.7 Å². The summed E-state index contributed by atoms with van der Waals surface area (Å²) in [5, 5.41) is 7.88. The summed E-state index contributed by atoms with van der Waals surface area (Å²) >= 11 is 28.8. The van der Waals surface area contributed by atoms with Crippen LogP contribution in [0.5, 0.6) is 11.5 Å². The fourth-order valence-electron chi connectivity index (χ4n) is 6.05. The van der Waals surface area contributed by atoms with E-state index >= 15 is 0 Å². The number of alkyl halides is 6. The van der Waals surface area contributed by atoms with E-state index in [1.807, 2.05) is 36.4 Å². The predicted octanol–water partition coefficient (Wildman–Crippen LogP) is 13.9. The van der Waals surface area contributed by atoms with Crippen molar-refractivity contribution in [2.24, 2.45) is 0 Å². The molecule has 65 heavy (non-hydrogen) atoms. The number of pyridine rings is 2. The normalized spacial score (nSPS) is 10.4. The first-order valence-corrected chi connectivity index (χ1v) is 24.8. The van der Waals surface area contributed by atoms with Crippen LogP contribution in [0.3, 0.4) is 0 Å². The number of benzene rings is 6. The number of hydrogen-bond acceptors (Lipinski definition) is 3. The van der Waals surface area contributed by atoms with Crippen LogP contribution in [0.4, 0.5) is 17.3 Å². The van der Waals surface area contributed by atoms with Crippen molar-refractivity contribution in [2.75, 3.05) is 0 Å². The van der Waals surface area contributed by atoms with Crippen LogP contribution in [0.25, 0.3) is 11.4 Å². The summed E-state index contributed by atoms with van der Waals surface area (Å²) in [5.74, 6) is 1.85. The molecule has 0 atom stereocenters. The standard InChI is InChI=1S/C36H28OP2.C10H8N2.2CHCl3.Ag.BF4/c1-5-17-29(18-6-1)38(30-19-7-2-8-20-30)35-27-15-13-25-33(35)37-34-26-14-16-28-36(34)39(31-21-9-3-10-22-31)32-23-11-4-12-24-32;1-3-7-11-9(5-1)10-6-2-4-8-12-10;2*2-1(3)4;;2-1(3,4)5/h1-28H;1-8H;2*1H;;/q;;;;+1;-1/p+2. The third kappa shape index (κ3) is 21.4. The van der Waals surface area contributed by atoms with E-state index in [1.165, 1.54) is 31.8 Å². The fraction of sp³-hybridized carbons (Fsp3) is 0.0417. The third-order valence-corrected chi connectivity index (χ3v) is 13.9. The molecule has 0 bridgehead atoms. The molecule has 0 aliphatic carbocycles. The van der Waals surface area contributed by atoms with Crippen LogP contribution in [-0.4, -0.2) is 25.8 Å². The van der Waals surface area contributed by atoms with Gasteiger partial charge < -0.3 is 22.0 Å². The van der Waals surface area contributed by atoms with E-state index in [2.05, 4.69) is 180 Å². The van der Waals surface area contributed by atoms with Crippen LogP contribution in [0.1, 0.15) is 0 Å². The number of para-hydroxylation sites is 2. The molecular weight excluding hydrogens is 1090 g/mol. The summed E-state index contributed by atoms with van der Waals surface area (Å²) in [4.78, 5) is 8.37. The Morgan fingerprint density at radius 2 is 0.600 bits per heavy atom. The zero-order valence-corrected chi connectivity index (χ0v) is 41.9. The zero-order valence-electron chi connectivity index (χ0n) is 33.9. The molecule has 3 nitrogen and oxygen atoms in total. The number of rotatable bonds is 9. The van der Waals surface area contributed by atoms with E-state index in [4.69, 9.17) is 74.3 Å². The Balaban J connectivity index is 0.000000352. The molecule has 17 heteroatoms. The van der Waals surface area contributed by atoms with E-state index in [0.29, 0.717) is 0 Å². The molecule has 0 fully saturated rings. The summed E-state index contributed by atoms with van der Waals surface area (Å²) < 4.78 is 44.4. The second kappa shape index (κ2) is 30.8. The molecule has 0 aliphatic rings. The van der Waals surface area contributed by atoms with Crippen LogP contribution in [0.15, 0.2) is 219 Å². The number of halogens is 10. The molecule has 0 N–H and O–H groups in total. The van der Waals surface area contributed by atoms with Crippen LogP contribution >= 0.6 is 85.4 Å². The van der Waals surface area contributed by atoms with E-state index in [-0.39, 0.29) is 22.4 Å². The maximum atomic E-state index is 9.75. The van der Waals surface area contributed by atoms with Crippen LogP contribution in [0, 0.1) is 0 Å². The molecule has 8 aromatic rings. The monoisotopic (exact) mass is 1130 g/mol. The minimum atomic E-state index is -6.00. The molecule has 0 saturated heterocycles. The smallest absolute Gasteiger partial charge is 0.449 e. The molecule has 0 unspecified atom stereocenters. The van der Waals surface area contributed by atoms with Gasteiger partial charge in [-0.15, -0.1) is 0 Å². The SMILES string of the molecule is ClC(Cl)Cl.ClC(Cl)Cl.F[B-](F)(F)F.[Ag+].c1ccc(-c2ccccn2)nc1.c1ccc([PH+](c2ccccc2)c2ccccc2Oc2ccccc2[PH+](c2ccccc2)c2ccccc2)cc1. The van der Waals surface area contributed by atoms with E-state index in [9.17, 15) is 17.3 Å². The molecule has 0 radical (unpaired) electrons. The van der Waals surface area contributed by atoms with Crippen LogP contribution in [-0.2, 0) is 22.4 Å². The Hall–Kier alpha value is -3.45. The second-order valence-corrected chi connectivity index (χ2v) is 21.6. The largest absolute Gasteiger partial charge is 1.00 e. The van der Waals surface area contributed by atoms with Gasteiger partial charge in [0.2, 0.25) is 0 Å². The van der Waals surface area contributed by atoms with Crippen molar-refractivity contribution in [1.82, 2.24) is 9.97 Å². The van der Waals surface area contributed by atoms with Crippen molar-refractivity contribution in [3.63, 3.8) is 0 Å². The third-order valence-electron chi connectivity index (χ3n) is 8.37. The van der Waals surface area contributed by atoms with Crippen LogP contribution < -0.4 is 36.6 Å². The van der Waals surface area contributed by atoms with E-state index < -0.39 is 31.7 Å². The maximum absolute atomic E-state index is 9.75. The summed E-state index contributed by atoms with van der Waals surface area (Å²) in [7, 11) is -8.56. The molecule has 0 spiro atoms. The maximum Gasteiger partial charge on any atom is 1.00 e. The van der Waals surface area contributed by atoms with E-state index in [1.54, 1.807) is 12.4 Å². The Morgan fingerprint density at radius 1 is 0.369 bits per heavy atom. The topological polar surface area (TPSA) is 35.0 Å². The molecule has 2 aromatic heterocycles. The van der Waals surface area contributed by atoms with Crippen molar-refractivity contribution < 1.29 is 44.4 Å². The Morgan fingerprint density at radius 3 is 0.846 bits per heavy atom. The van der Waals surface area contributed by atoms with Gasteiger partial charge >= 0.3 is 29.6 Å². The Bertz CT molecular complexity index is 2230. The Kier molecular flexibility index (Phi) is 26.4. The van der Waals surface area contributed by atoms with Crippen molar-refractivity contribution in [1.29, 1.82) is 0 Å². The van der Waals surface area contributed by atoms with Crippen molar-refractivity contribution in [2.45, 2.75) is 8.59 Å². The van der Waals surface area contributed by atoms with Crippen LogP contribution in [0.2, 0.25) is 0 Å². The average Bonchev–Trinajstić information content (AvgIpc) is 3.29. The van der Waals surface area contributed by atoms with Gasteiger partial charge in [-0.25, -0.2) is 0 Å². The minimum Gasteiger partial charge on any atom is -0.449 e. The minimum absolute atomic E-state index is 0. The van der Waals surface area contributed by atoms with Crippen molar-refractivity contribution >= 4 is 125 Å². The molecule has 340 valence electrons. The van der Waals surface area contributed by atoms with Gasteiger partial charge in [0.15, 0.2) is 20.1 Å². The van der Waals surface area contributed by atoms with Gasteiger partial charge in [-0.1, -0.05) is 179 Å². The molecule has 0 aliphatic heterocycles.